The predicted molar refractivity (Wildman–Crippen MR) is 159 cm³/mol. The Bertz CT molecular complexity index is 1760. The Morgan fingerprint density at radius 1 is 1.09 bits per heavy atom. The van der Waals surface area contributed by atoms with E-state index >= 15 is 0 Å². The molecular formula is C32H31F3N6O4. The van der Waals surface area contributed by atoms with Crippen LogP contribution in [-0.2, 0) is 22.3 Å². The third kappa shape index (κ3) is 6.68. The number of imide groups is 1. The van der Waals surface area contributed by atoms with Crippen molar-refractivity contribution in [1.29, 1.82) is 0 Å². The topological polar surface area (TPSA) is 118 Å². The van der Waals surface area contributed by atoms with E-state index in [1.165, 1.54) is 19.2 Å². The van der Waals surface area contributed by atoms with Crippen LogP contribution in [-0.4, -0.2) is 57.6 Å². The first kappa shape index (κ1) is 30.3. The third-order valence-electron chi connectivity index (χ3n) is 8.32. The zero-order valence-corrected chi connectivity index (χ0v) is 24.4. The predicted octanol–water partition coefficient (Wildman–Crippen LogP) is 5.07. The van der Waals surface area contributed by atoms with E-state index in [-0.39, 0.29) is 23.4 Å². The minimum Gasteiger partial charge on any atom is -0.494 e. The molecule has 1 unspecified atom stereocenters. The molecule has 4 aromatic rings. The number of methoxy groups -OCH3 is 1. The Balaban J connectivity index is 1.11. The van der Waals surface area contributed by atoms with Gasteiger partial charge in [0, 0.05) is 55.5 Å². The SMILES string of the molecule is COc1cc2nn(C3CCN(Cc4ccnc(C5CCC(=O)NC5=O)c4)CC3)cc2cc1NC(=O)c1cccc(C(F)(F)F)c1. The molecule has 13 heteroatoms. The Labute approximate surface area is 256 Å². The zero-order valence-electron chi connectivity index (χ0n) is 24.4. The van der Waals surface area contributed by atoms with Gasteiger partial charge in [0.05, 0.1) is 41.5 Å². The van der Waals surface area contributed by atoms with Crippen molar-refractivity contribution in [2.24, 2.45) is 0 Å². The number of carbonyl (C=O) groups excluding carboxylic acids is 3. The maximum atomic E-state index is 13.1. The van der Waals surface area contributed by atoms with Crippen LogP contribution in [0, 0.1) is 0 Å². The third-order valence-corrected chi connectivity index (χ3v) is 8.32. The molecule has 4 heterocycles. The molecule has 2 saturated heterocycles. The number of benzene rings is 2. The summed E-state index contributed by atoms with van der Waals surface area (Å²) in [4.78, 5) is 43.4. The van der Waals surface area contributed by atoms with Gasteiger partial charge in [0.25, 0.3) is 5.91 Å². The Hall–Kier alpha value is -4.78. The molecular weight excluding hydrogens is 589 g/mol. The maximum absolute atomic E-state index is 13.1. The van der Waals surface area contributed by atoms with Crippen LogP contribution in [0.4, 0.5) is 18.9 Å². The quantitative estimate of drug-likeness (QED) is 0.277. The maximum Gasteiger partial charge on any atom is 0.416 e. The fourth-order valence-electron chi connectivity index (χ4n) is 5.92. The molecule has 3 amide bonds. The number of rotatable bonds is 7. The lowest BCUT2D eigenvalue weighted by atomic mass is 9.93. The molecule has 0 bridgehead atoms. The van der Waals surface area contributed by atoms with Gasteiger partial charge < -0.3 is 10.1 Å². The van der Waals surface area contributed by atoms with Gasteiger partial charge in [0.1, 0.15) is 5.75 Å². The van der Waals surface area contributed by atoms with Crippen molar-refractivity contribution in [1.82, 2.24) is 25.0 Å². The molecule has 2 aromatic carbocycles. The minimum atomic E-state index is -4.56. The van der Waals surface area contributed by atoms with Crippen molar-refractivity contribution in [2.75, 3.05) is 25.5 Å². The molecule has 234 valence electrons. The van der Waals surface area contributed by atoms with Crippen molar-refractivity contribution < 1.29 is 32.3 Å². The summed E-state index contributed by atoms with van der Waals surface area (Å²) in [5.41, 5.74) is 1.71. The van der Waals surface area contributed by atoms with Crippen molar-refractivity contribution in [3.05, 3.63) is 83.3 Å². The Kier molecular flexibility index (Phi) is 8.28. The number of hydrogen-bond donors (Lipinski definition) is 2. The number of fused-ring (bicyclic) bond motifs is 1. The van der Waals surface area contributed by atoms with E-state index in [2.05, 4.69) is 20.5 Å². The fraction of sp³-hybridized carbons (Fsp3) is 0.344. The first-order valence-corrected chi connectivity index (χ1v) is 14.6. The van der Waals surface area contributed by atoms with Crippen molar-refractivity contribution in [2.45, 2.75) is 50.4 Å². The number of alkyl halides is 3. The number of piperidine rings is 2. The van der Waals surface area contributed by atoms with Gasteiger partial charge in [0.15, 0.2) is 0 Å². The molecule has 2 aromatic heterocycles. The van der Waals surface area contributed by atoms with Crippen molar-refractivity contribution >= 4 is 34.3 Å². The van der Waals surface area contributed by atoms with E-state index in [0.29, 0.717) is 42.0 Å². The molecule has 6 rings (SSSR count). The van der Waals surface area contributed by atoms with Crippen LogP contribution in [0.2, 0.25) is 0 Å². The van der Waals surface area contributed by atoms with Gasteiger partial charge in [-0.05, 0) is 61.2 Å². The van der Waals surface area contributed by atoms with Crippen molar-refractivity contribution in [3.63, 3.8) is 0 Å². The first-order valence-electron chi connectivity index (χ1n) is 14.6. The van der Waals surface area contributed by atoms with E-state index in [4.69, 9.17) is 9.84 Å². The number of likely N-dealkylation sites (tertiary alicyclic amines) is 1. The van der Waals surface area contributed by atoms with Gasteiger partial charge in [0.2, 0.25) is 11.8 Å². The number of carbonyl (C=O) groups is 3. The van der Waals surface area contributed by atoms with E-state index in [9.17, 15) is 27.6 Å². The highest BCUT2D eigenvalue weighted by atomic mass is 19.4. The summed E-state index contributed by atoms with van der Waals surface area (Å²) in [6, 6.07) is 11.7. The molecule has 0 spiro atoms. The molecule has 2 N–H and O–H groups in total. The number of ether oxygens (including phenoxy) is 1. The van der Waals surface area contributed by atoms with E-state index < -0.39 is 23.6 Å². The number of amides is 3. The lowest BCUT2D eigenvalue weighted by molar-refractivity contribution is -0.138. The highest BCUT2D eigenvalue weighted by molar-refractivity contribution is 6.06. The monoisotopic (exact) mass is 620 g/mol. The van der Waals surface area contributed by atoms with Gasteiger partial charge in [-0.25, -0.2) is 0 Å². The van der Waals surface area contributed by atoms with Crippen LogP contribution in [0.15, 0.2) is 60.9 Å². The summed E-state index contributed by atoms with van der Waals surface area (Å²) in [7, 11) is 1.45. The summed E-state index contributed by atoms with van der Waals surface area (Å²) >= 11 is 0. The van der Waals surface area contributed by atoms with Gasteiger partial charge in [-0.3, -0.25) is 34.3 Å². The molecule has 10 nitrogen and oxygen atoms in total. The number of aromatic nitrogens is 3. The summed E-state index contributed by atoms with van der Waals surface area (Å²) in [6.45, 7) is 2.37. The van der Waals surface area contributed by atoms with Gasteiger partial charge >= 0.3 is 6.18 Å². The number of anilines is 1. The van der Waals surface area contributed by atoms with E-state index in [0.717, 1.165) is 49.0 Å². The standard InChI is InChI=1S/C32H31F3N6O4/c1-45-28-16-25-21(15-27(28)37-30(43)20-3-2-4-22(14-20)32(33,34)35)18-41(39-25)23-8-11-40(12-9-23)17-19-7-10-36-26(13-19)24-5-6-29(42)38-31(24)44/h2-4,7,10,13-16,18,23-24H,5-6,8-9,11-12,17H2,1H3,(H,37,43)(H,38,42,44). The van der Waals surface area contributed by atoms with Crippen LogP contribution < -0.4 is 15.4 Å². The largest absolute Gasteiger partial charge is 0.494 e. The lowest BCUT2D eigenvalue weighted by Crippen LogP contribution is -2.39. The lowest BCUT2D eigenvalue weighted by Gasteiger charge is -2.32. The fourth-order valence-corrected chi connectivity index (χ4v) is 5.92. The van der Waals surface area contributed by atoms with Gasteiger partial charge in [-0.15, -0.1) is 0 Å². The zero-order chi connectivity index (χ0) is 31.7. The minimum absolute atomic E-state index is 0.117. The van der Waals surface area contributed by atoms with Gasteiger partial charge in [-0.1, -0.05) is 6.07 Å². The molecule has 45 heavy (non-hydrogen) atoms. The van der Waals surface area contributed by atoms with E-state index in [1.54, 1.807) is 18.3 Å². The molecule has 2 aliphatic heterocycles. The summed E-state index contributed by atoms with van der Waals surface area (Å²) in [5.74, 6) is -1.31. The first-order chi connectivity index (χ1) is 21.6. The highest BCUT2D eigenvalue weighted by Gasteiger charge is 2.31. The second-order valence-electron chi connectivity index (χ2n) is 11.4. The number of nitrogens with one attached hydrogen (secondary N) is 2. The second kappa shape index (κ2) is 12.3. The van der Waals surface area contributed by atoms with E-state index in [1.807, 2.05) is 23.0 Å². The second-order valence-corrected chi connectivity index (χ2v) is 11.4. The van der Waals surface area contributed by atoms with Crippen LogP contribution in [0.3, 0.4) is 0 Å². The molecule has 0 saturated carbocycles. The average Bonchev–Trinajstić information content (AvgIpc) is 3.43. The summed E-state index contributed by atoms with van der Waals surface area (Å²) in [6.07, 6.45) is 1.54. The molecule has 2 aliphatic rings. The number of hydrogen-bond acceptors (Lipinski definition) is 7. The molecule has 1 atom stereocenters. The normalized spacial score (nSPS) is 18.2. The number of pyridine rings is 1. The summed E-state index contributed by atoms with van der Waals surface area (Å²) < 4.78 is 46.8. The Morgan fingerprint density at radius 2 is 1.89 bits per heavy atom. The van der Waals surface area contributed by atoms with Crippen LogP contribution in [0.1, 0.15) is 64.8 Å². The van der Waals surface area contributed by atoms with Gasteiger partial charge in [-0.2, -0.15) is 18.3 Å². The highest BCUT2D eigenvalue weighted by Crippen LogP contribution is 2.34. The number of nitrogens with zero attached hydrogens (tertiary/aromatic N) is 4. The Morgan fingerprint density at radius 3 is 2.62 bits per heavy atom. The molecule has 2 fully saturated rings. The number of halogens is 3. The smallest absolute Gasteiger partial charge is 0.416 e. The molecule has 0 radical (unpaired) electrons. The average molecular weight is 621 g/mol. The summed E-state index contributed by atoms with van der Waals surface area (Å²) in [5, 5.41) is 10.6. The van der Waals surface area contributed by atoms with Crippen molar-refractivity contribution in [3.8, 4) is 5.75 Å². The molecule has 0 aliphatic carbocycles. The van der Waals surface area contributed by atoms with Crippen LogP contribution in [0.5, 0.6) is 5.75 Å². The van der Waals surface area contributed by atoms with Crippen LogP contribution >= 0.6 is 0 Å². The van der Waals surface area contributed by atoms with Crippen LogP contribution in [0.25, 0.3) is 10.9 Å².